The first-order valence-corrected chi connectivity index (χ1v) is 4.85. The van der Waals surface area contributed by atoms with E-state index in [9.17, 15) is 0 Å². The Balaban J connectivity index is 2.40. The molecule has 0 aliphatic carbocycles. The van der Waals surface area contributed by atoms with Crippen molar-refractivity contribution < 1.29 is 4.74 Å². The van der Waals surface area contributed by atoms with Gasteiger partial charge >= 0.3 is 0 Å². The molecular weight excluding hydrogens is 174 g/mol. The van der Waals surface area contributed by atoms with Crippen molar-refractivity contribution in [2.75, 3.05) is 20.3 Å². The second kappa shape index (κ2) is 6.33. The summed E-state index contributed by atoms with van der Waals surface area (Å²) in [6, 6.07) is 10.4. The highest BCUT2D eigenvalue weighted by Crippen LogP contribution is 2.00. The van der Waals surface area contributed by atoms with Crippen molar-refractivity contribution in [3.05, 3.63) is 35.9 Å². The van der Waals surface area contributed by atoms with Gasteiger partial charge in [0.2, 0.25) is 0 Å². The van der Waals surface area contributed by atoms with Crippen LogP contribution in [0.5, 0.6) is 0 Å². The van der Waals surface area contributed by atoms with Crippen LogP contribution in [0.15, 0.2) is 35.3 Å². The van der Waals surface area contributed by atoms with Crippen molar-refractivity contribution in [1.29, 1.82) is 0 Å². The highest BCUT2D eigenvalue weighted by atomic mass is 16.5. The fourth-order valence-electron chi connectivity index (χ4n) is 1.27. The average Bonchev–Trinajstić information content (AvgIpc) is 2.20. The Morgan fingerprint density at radius 1 is 1.29 bits per heavy atom. The Labute approximate surface area is 85.6 Å². The second-order valence-corrected chi connectivity index (χ2v) is 3.27. The summed E-state index contributed by atoms with van der Waals surface area (Å²) in [5.74, 6) is 0. The van der Waals surface area contributed by atoms with Crippen molar-refractivity contribution in [1.82, 2.24) is 0 Å². The summed E-state index contributed by atoms with van der Waals surface area (Å²) in [6.07, 6.45) is 0.935. The monoisotopic (exact) mass is 191 g/mol. The van der Waals surface area contributed by atoms with Gasteiger partial charge in [0.05, 0.1) is 13.2 Å². The third-order valence-corrected chi connectivity index (χ3v) is 1.98. The number of rotatable bonds is 5. The summed E-state index contributed by atoms with van der Waals surface area (Å²) in [6.45, 7) is 3.52. The van der Waals surface area contributed by atoms with Crippen LogP contribution in [0, 0.1) is 0 Å². The summed E-state index contributed by atoms with van der Waals surface area (Å²) in [5.41, 5.74) is 2.47. The Kier molecular flexibility index (Phi) is 4.94. The molecule has 0 spiro atoms. The average molecular weight is 191 g/mol. The fourth-order valence-corrected chi connectivity index (χ4v) is 1.27. The lowest BCUT2D eigenvalue weighted by Crippen LogP contribution is -2.01. The maximum atomic E-state index is 4.94. The quantitative estimate of drug-likeness (QED) is 0.517. The van der Waals surface area contributed by atoms with Crippen molar-refractivity contribution in [3.8, 4) is 0 Å². The Morgan fingerprint density at radius 3 is 2.64 bits per heavy atom. The van der Waals surface area contributed by atoms with Gasteiger partial charge in [0, 0.05) is 19.2 Å². The van der Waals surface area contributed by atoms with E-state index in [0.29, 0.717) is 6.61 Å². The molecule has 2 heteroatoms. The van der Waals surface area contributed by atoms with Crippen LogP contribution in [0.2, 0.25) is 0 Å². The number of methoxy groups -OCH3 is 1. The van der Waals surface area contributed by atoms with Gasteiger partial charge in [-0.2, -0.15) is 0 Å². The predicted octanol–water partition coefficient (Wildman–Crippen LogP) is 2.34. The normalized spacial score (nSPS) is 11.7. The van der Waals surface area contributed by atoms with Crippen LogP contribution in [-0.4, -0.2) is 26.0 Å². The minimum absolute atomic E-state index is 0.701. The molecule has 2 nitrogen and oxygen atoms in total. The van der Waals surface area contributed by atoms with Crippen LogP contribution < -0.4 is 0 Å². The van der Waals surface area contributed by atoms with E-state index in [2.05, 4.69) is 36.2 Å². The van der Waals surface area contributed by atoms with Gasteiger partial charge in [-0.25, -0.2) is 0 Å². The van der Waals surface area contributed by atoms with E-state index in [4.69, 9.17) is 4.74 Å². The lowest BCUT2D eigenvalue weighted by Gasteiger charge is -2.01. The molecule has 0 atom stereocenters. The van der Waals surface area contributed by atoms with E-state index in [-0.39, 0.29) is 0 Å². The Bertz CT molecular complexity index is 280. The minimum atomic E-state index is 0.701. The van der Waals surface area contributed by atoms with Crippen LogP contribution >= 0.6 is 0 Å². The van der Waals surface area contributed by atoms with Crippen molar-refractivity contribution in [3.63, 3.8) is 0 Å². The molecule has 0 saturated carbocycles. The number of aliphatic imine (C=N–C) groups is 1. The summed E-state index contributed by atoms with van der Waals surface area (Å²) in [7, 11) is 1.70. The smallest absolute Gasteiger partial charge is 0.0658 e. The summed E-state index contributed by atoms with van der Waals surface area (Å²) in [5, 5.41) is 0. The highest BCUT2D eigenvalue weighted by Gasteiger charge is 1.93. The van der Waals surface area contributed by atoms with Crippen molar-refractivity contribution in [2.24, 2.45) is 4.99 Å². The zero-order valence-electron chi connectivity index (χ0n) is 8.86. The Hall–Kier alpha value is -1.15. The van der Waals surface area contributed by atoms with Gasteiger partial charge < -0.3 is 4.74 Å². The van der Waals surface area contributed by atoms with Crippen LogP contribution in [0.1, 0.15) is 12.5 Å². The van der Waals surface area contributed by atoms with Gasteiger partial charge in [-0.15, -0.1) is 0 Å². The maximum Gasteiger partial charge on any atom is 0.0658 e. The SMILES string of the molecule is COCCN=C(C)Cc1ccccc1. The standard InChI is InChI=1S/C12H17NO/c1-11(13-8-9-14-2)10-12-6-4-3-5-7-12/h3-7H,8-10H2,1-2H3. The van der Waals surface area contributed by atoms with E-state index in [1.165, 1.54) is 5.56 Å². The first-order valence-electron chi connectivity index (χ1n) is 4.85. The molecule has 0 saturated heterocycles. The number of nitrogens with zero attached hydrogens (tertiary/aromatic N) is 1. The third kappa shape index (κ3) is 4.19. The molecule has 76 valence electrons. The summed E-state index contributed by atoms with van der Waals surface area (Å²) in [4.78, 5) is 4.40. The number of hydrogen-bond acceptors (Lipinski definition) is 2. The largest absolute Gasteiger partial charge is 0.383 e. The first kappa shape index (κ1) is 10.9. The molecule has 0 amide bonds. The van der Waals surface area contributed by atoms with Crippen molar-refractivity contribution >= 4 is 5.71 Å². The molecule has 0 heterocycles. The summed E-state index contributed by atoms with van der Waals surface area (Å²) >= 11 is 0. The van der Waals surface area contributed by atoms with Gasteiger partial charge in [-0.3, -0.25) is 4.99 Å². The molecule has 1 aromatic carbocycles. The zero-order valence-corrected chi connectivity index (χ0v) is 8.86. The molecule has 0 unspecified atom stereocenters. The van der Waals surface area contributed by atoms with Gasteiger partial charge in [0.1, 0.15) is 0 Å². The van der Waals surface area contributed by atoms with Gasteiger partial charge in [-0.05, 0) is 12.5 Å². The zero-order chi connectivity index (χ0) is 10.2. The van der Waals surface area contributed by atoms with Gasteiger partial charge in [0.25, 0.3) is 0 Å². The first-order chi connectivity index (χ1) is 6.83. The fraction of sp³-hybridized carbons (Fsp3) is 0.417. The summed E-state index contributed by atoms with van der Waals surface area (Å²) < 4.78 is 4.94. The van der Waals surface area contributed by atoms with Gasteiger partial charge in [0.15, 0.2) is 0 Å². The van der Waals surface area contributed by atoms with E-state index >= 15 is 0 Å². The molecule has 0 aliphatic heterocycles. The van der Waals surface area contributed by atoms with E-state index in [0.717, 1.165) is 18.7 Å². The van der Waals surface area contributed by atoms with Crippen LogP contribution in [0.4, 0.5) is 0 Å². The molecule has 1 rings (SSSR count). The lowest BCUT2D eigenvalue weighted by molar-refractivity contribution is 0.208. The number of ether oxygens (including phenoxy) is 1. The minimum Gasteiger partial charge on any atom is -0.383 e. The molecule has 0 bridgehead atoms. The van der Waals surface area contributed by atoms with E-state index in [1.54, 1.807) is 7.11 Å². The van der Waals surface area contributed by atoms with E-state index < -0.39 is 0 Å². The van der Waals surface area contributed by atoms with Gasteiger partial charge in [-0.1, -0.05) is 30.3 Å². The molecule has 0 aromatic heterocycles. The van der Waals surface area contributed by atoms with Crippen LogP contribution in [-0.2, 0) is 11.2 Å². The van der Waals surface area contributed by atoms with E-state index in [1.807, 2.05) is 6.07 Å². The van der Waals surface area contributed by atoms with Crippen molar-refractivity contribution in [2.45, 2.75) is 13.3 Å². The highest BCUT2D eigenvalue weighted by molar-refractivity contribution is 5.84. The second-order valence-electron chi connectivity index (χ2n) is 3.27. The molecule has 0 radical (unpaired) electrons. The molecular formula is C12H17NO. The predicted molar refractivity (Wildman–Crippen MR) is 60.0 cm³/mol. The lowest BCUT2D eigenvalue weighted by atomic mass is 10.1. The maximum absolute atomic E-state index is 4.94. The topological polar surface area (TPSA) is 21.6 Å². The molecule has 14 heavy (non-hydrogen) atoms. The number of hydrogen-bond donors (Lipinski definition) is 0. The molecule has 0 N–H and O–H groups in total. The third-order valence-electron chi connectivity index (χ3n) is 1.98. The molecule has 0 fully saturated rings. The van der Waals surface area contributed by atoms with Crippen LogP contribution in [0.25, 0.3) is 0 Å². The van der Waals surface area contributed by atoms with Crippen LogP contribution in [0.3, 0.4) is 0 Å². The number of benzene rings is 1. The Morgan fingerprint density at radius 2 is 2.00 bits per heavy atom. The molecule has 0 aliphatic rings. The molecule has 1 aromatic rings.